The summed E-state index contributed by atoms with van der Waals surface area (Å²) in [5, 5.41) is 0. The molecule has 0 spiro atoms. The van der Waals surface area contributed by atoms with E-state index in [4.69, 9.17) is 17.0 Å². The number of ether oxygens (including phenoxy) is 1. The van der Waals surface area contributed by atoms with Gasteiger partial charge in [0.25, 0.3) is 0 Å². The van der Waals surface area contributed by atoms with Crippen molar-refractivity contribution >= 4 is 28.3 Å². The molecule has 2 aliphatic rings. The van der Waals surface area contributed by atoms with Crippen LogP contribution in [-0.4, -0.2) is 77.0 Å². The minimum atomic E-state index is 0.496. The lowest BCUT2D eigenvalue weighted by molar-refractivity contribution is 0.0321. The summed E-state index contributed by atoms with van der Waals surface area (Å²) < 4.78 is 6.42. The molecule has 0 radical (unpaired) electrons. The van der Waals surface area contributed by atoms with Gasteiger partial charge in [-0.1, -0.05) is 24.0 Å². The van der Waals surface area contributed by atoms with Gasteiger partial charge in [0.1, 0.15) is 4.32 Å². The summed E-state index contributed by atoms with van der Waals surface area (Å²) >= 11 is 7.19. The lowest BCUT2D eigenvalue weighted by atomic mass is 10.3. The van der Waals surface area contributed by atoms with Gasteiger partial charge >= 0.3 is 0 Å². The quantitative estimate of drug-likeness (QED) is 0.721. The normalized spacial score (nSPS) is 23.9. The maximum absolute atomic E-state index is 5.40. The second kappa shape index (κ2) is 7.05. The first-order valence-corrected chi connectivity index (χ1v) is 8.02. The molecule has 0 unspecified atom stereocenters. The van der Waals surface area contributed by atoms with Crippen LogP contribution in [0.3, 0.4) is 0 Å². The van der Waals surface area contributed by atoms with Crippen molar-refractivity contribution in [1.29, 1.82) is 0 Å². The zero-order chi connectivity index (χ0) is 13.0. The van der Waals surface area contributed by atoms with E-state index in [-0.39, 0.29) is 0 Å². The lowest BCUT2D eigenvalue weighted by Gasteiger charge is -2.40. The van der Waals surface area contributed by atoms with Crippen molar-refractivity contribution in [2.75, 3.05) is 51.9 Å². The van der Waals surface area contributed by atoms with Crippen LogP contribution in [0.1, 0.15) is 13.8 Å². The molecule has 2 heterocycles. The number of rotatable bonds is 4. The van der Waals surface area contributed by atoms with Crippen LogP contribution in [-0.2, 0) is 4.74 Å². The Balaban J connectivity index is 1.74. The molecule has 4 nitrogen and oxygen atoms in total. The zero-order valence-electron chi connectivity index (χ0n) is 11.3. The minimum Gasteiger partial charge on any atom is -0.379 e. The highest BCUT2D eigenvalue weighted by Gasteiger charge is 2.23. The number of hydrogen-bond acceptors (Lipinski definition) is 5. The van der Waals surface area contributed by atoms with Crippen molar-refractivity contribution in [3.8, 4) is 0 Å². The van der Waals surface area contributed by atoms with Crippen LogP contribution in [0.15, 0.2) is 0 Å². The highest BCUT2D eigenvalue weighted by Crippen LogP contribution is 2.20. The molecular weight excluding hydrogens is 266 g/mol. The molecule has 0 N–H and O–H groups in total. The fourth-order valence-corrected chi connectivity index (χ4v) is 3.53. The van der Waals surface area contributed by atoms with Crippen LogP contribution in [0.4, 0.5) is 0 Å². The molecule has 0 atom stereocenters. The highest BCUT2D eigenvalue weighted by molar-refractivity contribution is 8.22. The van der Waals surface area contributed by atoms with Crippen molar-refractivity contribution < 1.29 is 4.74 Å². The number of thioether (sulfide) groups is 1. The van der Waals surface area contributed by atoms with Crippen LogP contribution in [0, 0.1) is 0 Å². The summed E-state index contributed by atoms with van der Waals surface area (Å²) in [4.78, 5) is 7.28. The van der Waals surface area contributed by atoms with Gasteiger partial charge in [-0.15, -0.1) is 0 Å². The summed E-state index contributed by atoms with van der Waals surface area (Å²) in [5.41, 5.74) is 0. The van der Waals surface area contributed by atoms with E-state index in [2.05, 4.69) is 28.5 Å². The van der Waals surface area contributed by atoms with Crippen LogP contribution < -0.4 is 0 Å². The van der Waals surface area contributed by atoms with Crippen molar-refractivity contribution in [2.24, 2.45) is 0 Å². The van der Waals surface area contributed by atoms with Crippen LogP contribution in [0.2, 0.25) is 0 Å². The molecule has 0 bridgehead atoms. The molecule has 18 heavy (non-hydrogen) atoms. The average molecular weight is 289 g/mol. The summed E-state index contributed by atoms with van der Waals surface area (Å²) in [6.07, 6.45) is 0. The third kappa shape index (κ3) is 4.06. The Hall–Kier alpha value is 0.120. The molecule has 2 aliphatic heterocycles. The molecule has 0 saturated carbocycles. The molecule has 0 amide bonds. The van der Waals surface area contributed by atoms with Gasteiger partial charge in [0.2, 0.25) is 0 Å². The van der Waals surface area contributed by atoms with Gasteiger partial charge in [-0.3, -0.25) is 9.80 Å². The largest absolute Gasteiger partial charge is 0.379 e. The fraction of sp³-hybridized carbons (Fsp3) is 0.917. The third-order valence-electron chi connectivity index (χ3n) is 3.42. The van der Waals surface area contributed by atoms with Gasteiger partial charge in [0.05, 0.1) is 25.8 Å². The molecule has 2 rings (SSSR count). The molecule has 6 heteroatoms. The van der Waals surface area contributed by atoms with Crippen LogP contribution in [0.25, 0.3) is 0 Å². The first-order valence-electron chi connectivity index (χ1n) is 6.62. The van der Waals surface area contributed by atoms with Crippen molar-refractivity contribution in [1.82, 2.24) is 14.7 Å². The van der Waals surface area contributed by atoms with Gasteiger partial charge < -0.3 is 9.64 Å². The van der Waals surface area contributed by atoms with Crippen LogP contribution in [0.5, 0.6) is 0 Å². The monoisotopic (exact) mass is 289 g/mol. The van der Waals surface area contributed by atoms with Crippen LogP contribution >= 0.6 is 24.0 Å². The second-order valence-corrected chi connectivity index (χ2v) is 6.67. The van der Waals surface area contributed by atoms with E-state index in [1.807, 2.05) is 0 Å². The van der Waals surface area contributed by atoms with E-state index < -0.39 is 0 Å². The van der Waals surface area contributed by atoms with E-state index in [1.165, 1.54) is 0 Å². The van der Waals surface area contributed by atoms with Crippen molar-refractivity contribution in [3.05, 3.63) is 0 Å². The molecule has 0 aliphatic carbocycles. The summed E-state index contributed by atoms with van der Waals surface area (Å²) in [6.45, 7) is 11.6. The molecule has 0 aromatic heterocycles. The Morgan fingerprint density at radius 3 is 2.56 bits per heavy atom. The maximum Gasteiger partial charge on any atom is 0.138 e. The smallest absolute Gasteiger partial charge is 0.138 e. The van der Waals surface area contributed by atoms with E-state index >= 15 is 0 Å². The lowest BCUT2D eigenvalue weighted by Crippen LogP contribution is -2.50. The summed E-state index contributed by atoms with van der Waals surface area (Å²) in [5.74, 6) is 1.03. The Kier molecular flexibility index (Phi) is 5.69. The topological polar surface area (TPSA) is 19.0 Å². The number of morpholine rings is 1. The SMILES string of the molecule is CC(C)N1CN(CCN2CCOCC2)CSC1=S. The maximum atomic E-state index is 5.40. The van der Waals surface area contributed by atoms with E-state index in [0.29, 0.717) is 6.04 Å². The summed E-state index contributed by atoms with van der Waals surface area (Å²) in [7, 11) is 0. The minimum absolute atomic E-state index is 0.496. The predicted molar refractivity (Wildman–Crippen MR) is 80.9 cm³/mol. The van der Waals surface area contributed by atoms with Gasteiger partial charge in [0.15, 0.2) is 0 Å². The van der Waals surface area contributed by atoms with Gasteiger partial charge in [-0.25, -0.2) is 0 Å². The first kappa shape index (κ1) is 14.5. The van der Waals surface area contributed by atoms with Gasteiger partial charge in [-0.2, -0.15) is 0 Å². The number of thiocarbonyl (C=S) groups is 1. The van der Waals surface area contributed by atoms with E-state index in [1.54, 1.807) is 11.8 Å². The molecule has 2 saturated heterocycles. The molecule has 0 aromatic carbocycles. The van der Waals surface area contributed by atoms with E-state index in [0.717, 1.165) is 56.3 Å². The molecule has 2 fully saturated rings. The first-order chi connectivity index (χ1) is 8.66. The van der Waals surface area contributed by atoms with Crippen molar-refractivity contribution in [2.45, 2.75) is 19.9 Å². The molecule has 0 aromatic rings. The predicted octanol–water partition coefficient (Wildman–Crippen LogP) is 1.28. The standard InChI is InChI=1S/C12H23N3OS2/c1-11(2)15-9-14(10-18-12(15)17)4-3-13-5-7-16-8-6-13/h11H,3-10H2,1-2H3. The third-order valence-corrected chi connectivity index (χ3v) is 4.98. The van der Waals surface area contributed by atoms with Gasteiger partial charge in [0, 0.05) is 32.2 Å². The number of nitrogens with zero attached hydrogens (tertiary/aromatic N) is 3. The van der Waals surface area contributed by atoms with Gasteiger partial charge in [-0.05, 0) is 13.8 Å². The fourth-order valence-electron chi connectivity index (χ4n) is 2.16. The average Bonchev–Trinajstić information content (AvgIpc) is 2.38. The second-order valence-electron chi connectivity index (χ2n) is 5.09. The molecule has 104 valence electrons. The Morgan fingerprint density at radius 2 is 1.89 bits per heavy atom. The Bertz CT molecular complexity index is 282. The van der Waals surface area contributed by atoms with Crippen molar-refractivity contribution in [3.63, 3.8) is 0 Å². The Labute approximate surface area is 120 Å². The summed E-state index contributed by atoms with van der Waals surface area (Å²) in [6, 6.07) is 0.496. The zero-order valence-corrected chi connectivity index (χ0v) is 12.9. The number of hydrogen-bond donors (Lipinski definition) is 0. The van der Waals surface area contributed by atoms with E-state index in [9.17, 15) is 0 Å². The molecular formula is C12H23N3OS2. The Morgan fingerprint density at radius 1 is 1.22 bits per heavy atom. The highest BCUT2D eigenvalue weighted by atomic mass is 32.2.